The Kier molecular flexibility index (Phi) is 6.95. The molecule has 0 spiro atoms. The third-order valence-electron chi connectivity index (χ3n) is 5.41. The van der Waals surface area contributed by atoms with Crippen molar-refractivity contribution in [2.24, 2.45) is 0 Å². The second kappa shape index (κ2) is 9.89. The Morgan fingerprint density at radius 1 is 1.03 bits per heavy atom. The minimum atomic E-state index is -3.20. The van der Waals surface area contributed by atoms with Gasteiger partial charge in [-0.05, 0) is 78.1 Å². The highest BCUT2D eigenvalue weighted by molar-refractivity contribution is 7.15. The summed E-state index contributed by atoms with van der Waals surface area (Å²) < 4.78 is 35.9. The molecule has 0 aliphatic carbocycles. The molecule has 0 saturated heterocycles. The van der Waals surface area contributed by atoms with Crippen molar-refractivity contribution < 1.29 is 28.2 Å². The number of rotatable bonds is 8. The average molecular weight is 474 g/mol. The highest BCUT2D eigenvalue weighted by atomic mass is 32.1. The van der Waals surface area contributed by atoms with Gasteiger partial charge < -0.3 is 14.6 Å². The molecule has 0 bridgehead atoms. The monoisotopic (exact) mass is 473 g/mol. The molecular formula is C25H25F2NO4S. The van der Waals surface area contributed by atoms with E-state index in [-0.39, 0.29) is 12.4 Å². The lowest BCUT2D eigenvalue weighted by Crippen LogP contribution is -2.25. The van der Waals surface area contributed by atoms with Gasteiger partial charge in [-0.15, -0.1) is 11.3 Å². The fourth-order valence-corrected chi connectivity index (χ4v) is 4.93. The van der Waals surface area contributed by atoms with Gasteiger partial charge in [0.25, 0.3) is 0 Å². The van der Waals surface area contributed by atoms with E-state index in [0.717, 1.165) is 49.8 Å². The topological polar surface area (TPSA) is 59.0 Å². The van der Waals surface area contributed by atoms with Crippen molar-refractivity contribution in [3.8, 4) is 21.9 Å². The normalized spacial score (nSPS) is 14.4. The average Bonchev–Trinajstić information content (AvgIpc) is 3.13. The summed E-state index contributed by atoms with van der Waals surface area (Å²) in [7, 11) is 0. The lowest BCUT2D eigenvalue weighted by Gasteiger charge is -2.18. The highest BCUT2D eigenvalue weighted by Crippen LogP contribution is 2.32. The van der Waals surface area contributed by atoms with Crippen LogP contribution in [0, 0.1) is 0 Å². The smallest absolute Gasteiger partial charge is 0.394 e. The number of fused-ring (bicyclic) bond motifs is 1. The molecule has 0 unspecified atom stereocenters. The van der Waals surface area contributed by atoms with Gasteiger partial charge in [0.05, 0.1) is 0 Å². The first kappa shape index (κ1) is 23.2. The Hall–Kier alpha value is -2.97. The van der Waals surface area contributed by atoms with Gasteiger partial charge in [0.1, 0.15) is 11.5 Å². The molecule has 1 N–H and O–H groups in total. The molecule has 33 heavy (non-hydrogen) atoms. The SMILES string of the molecule is CC(F)(F)Oc1ccc(-c2ccc(CN3CCc4ccc(OCC(=O)O)cc4CC3)s2)cc1. The van der Waals surface area contributed by atoms with Crippen molar-refractivity contribution in [3.63, 3.8) is 0 Å². The number of ether oxygens (including phenoxy) is 2. The first-order valence-corrected chi connectivity index (χ1v) is 11.5. The van der Waals surface area contributed by atoms with E-state index in [0.29, 0.717) is 5.75 Å². The van der Waals surface area contributed by atoms with Gasteiger partial charge in [-0.25, -0.2) is 4.79 Å². The zero-order chi connectivity index (χ0) is 23.4. The first-order valence-electron chi connectivity index (χ1n) is 10.7. The maximum atomic E-state index is 13.0. The van der Waals surface area contributed by atoms with Crippen LogP contribution in [0.15, 0.2) is 54.6 Å². The number of carbonyl (C=O) groups is 1. The summed E-state index contributed by atoms with van der Waals surface area (Å²) in [6, 6.07) is 16.7. The van der Waals surface area contributed by atoms with Crippen LogP contribution >= 0.6 is 11.3 Å². The summed E-state index contributed by atoms with van der Waals surface area (Å²) in [4.78, 5) is 15.5. The van der Waals surface area contributed by atoms with E-state index in [1.165, 1.54) is 16.0 Å². The van der Waals surface area contributed by atoms with Gasteiger partial charge in [-0.3, -0.25) is 4.90 Å². The molecule has 4 rings (SSSR count). The summed E-state index contributed by atoms with van der Waals surface area (Å²) in [5.41, 5.74) is 3.44. The molecule has 1 aliphatic heterocycles. The van der Waals surface area contributed by atoms with Gasteiger partial charge in [-0.2, -0.15) is 8.78 Å². The first-order chi connectivity index (χ1) is 15.7. The number of halogens is 2. The summed E-state index contributed by atoms with van der Waals surface area (Å²) in [6.45, 7) is 3.06. The van der Waals surface area contributed by atoms with Gasteiger partial charge in [-0.1, -0.05) is 6.07 Å². The Morgan fingerprint density at radius 2 is 1.73 bits per heavy atom. The highest BCUT2D eigenvalue weighted by Gasteiger charge is 2.23. The maximum absolute atomic E-state index is 13.0. The van der Waals surface area contributed by atoms with E-state index in [1.54, 1.807) is 35.6 Å². The lowest BCUT2D eigenvalue weighted by molar-refractivity contribution is -0.159. The van der Waals surface area contributed by atoms with E-state index in [9.17, 15) is 13.6 Å². The van der Waals surface area contributed by atoms with Crippen molar-refractivity contribution in [1.82, 2.24) is 4.90 Å². The zero-order valence-electron chi connectivity index (χ0n) is 18.2. The molecule has 174 valence electrons. The van der Waals surface area contributed by atoms with Gasteiger partial charge in [0.15, 0.2) is 6.61 Å². The number of carboxylic acid groups (broad SMARTS) is 1. The second-order valence-electron chi connectivity index (χ2n) is 8.09. The van der Waals surface area contributed by atoms with Crippen LogP contribution in [0.5, 0.6) is 11.5 Å². The minimum Gasteiger partial charge on any atom is -0.482 e. The van der Waals surface area contributed by atoms with Crippen LogP contribution in [0.3, 0.4) is 0 Å². The lowest BCUT2D eigenvalue weighted by atomic mass is 10.0. The summed E-state index contributed by atoms with van der Waals surface area (Å²) >= 11 is 1.69. The number of thiophene rings is 1. The Morgan fingerprint density at radius 3 is 2.42 bits per heavy atom. The molecule has 0 amide bonds. The van der Waals surface area contributed by atoms with Crippen molar-refractivity contribution in [1.29, 1.82) is 0 Å². The minimum absolute atomic E-state index is 0.142. The van der Waals surface area contributed by atoms with E-state index in [4.69, 9.17) is 9.84 Å². The summed E-state index contributed by atoms with van der Waals surface area (Å²) in [5.74, 6) is -0.256. The van der Waals surface area contributed by atoms with E-state index >= 15 is 0 Å². The molecule has 8 heteroatoms. The van der Waals surface area contributed by atoms with Crippen molar-refractivity contribution in [3.05, 3.63) is 70.6 Å². The van der Waals surface area contributed by atoms with Crippen LogP contribution in [0.25, 0.3) is 10.4 Å². The molecule has 0 atom stereocenters. The molecule has 3 aromatic rings. The molecule has 5 nitrogen and oxygen atoms in total. The third kappa shape index (κ3) is 6.52. The molecule has 2 heterocycles. The fourth-order valence-electron chi connectivity index (χ4n) is 3.87. The number of hydrogen-bond acceptors (Lipinski definition) is 5. The summed E-state index contributed by atoms with van der Waals surface area (Å²) in [6.07, 6.45) is -1.39. The van der Waals surface area contributed by atoms with E-state index < -0.39 is 12.1 Å². The van der Waals surface area contributed by atoms with E-state index in [2.05, 4.69) is 21.8 Å². The van der Waals surface area contributed by atoms with Crippen molar-refractivity contribution >= 4 is 17.3 Å². The van der Waals surface area contributed by atoms with Gasteiger partial charge in [0, 0.05) is 36.3 Å². The van der Waals surface area contributed by atoms with E-state index in [1.807, 2.05) is 18.2 Å². The number of benzene rings is 2. The number of carboxylic acids is 1. The van der Waals surface area contributed by atoms with Crippen LogP contribution in [-0.2, 0) is 24.2 Å². The van der Waals surface area contributed by atoms with Crippen LogP contribution in [0.2, 0.25) is 0 Å². The van der Waals surface area contributed by atoms with Gasteiger partial charge in [0.2, 0.25) is 0 Å². The maximum Gasteiger partial charge on any atom is 0.394 e. The molecule has 0 saturated carbocycles. The van der Waals surface area contributed by atoms with Crippen molar-refractivity contribution in [2.45, 2.75) is 32.4 Å². The second-order valence-corrected chi connectivity index (χ2v) is 9.26. The predicted octanol–water partition coefficient (Wildman–Crippen LogP) is 5.47. The van der Waals surface area contributed by atoms with Crippen molar-refractivity contribution in [2.75, 3.05) is 19.7 Å². The number of hydrogen-bond donors (Lipinski definition) is 1. The molecule has 0 radical (unpaired) electrons. The van der Waals surface area contributed by atoms with Crippen LogP contribution in [0.1, 0.15) is 22.9 Å². The number of aliphatic carboxylic acids is 1. The Labute approximate surface area is 195 Å². The van der Waals surface area contributed by atoms with Crippen LogP contribution in [-0.4, -0.2) is 41.8 Å². The summed E-state index contributed by atoms with van der Waals surface area (Å²) in [5, 5.41) is 8.80. The molecule has 2 aromatic carbocycles. The van der Waals surface area contributed by atoms with Crippen LogP contribution in [0.4, 0.5) is 8.78 Å². The molecule has 0 fully saturated rings. The Bertz CT molecular complexity index is 1110. The largest absolute Gasteiger partial charge is 0.482 e. The molecule has 1 aromatic heterocycles. The number of nitrogens with zero attached hydrogens (tertiary/aromatic N) is 1. The Balaban J connectivity index is 1.36. The van der Waals surface area contributed by atoms with Gasteiger partial charge >= 0.3 is 12.1 Å². The fraction of sp³-hybridized carbons (Fsp3) is 0.320. The zero-order valence-corrected chi connectivity index (χ0v) is 19.0. The molecule has 1 aliphatic rings. The molecular weight excluding hydrogens is 448 g/mol. The van der Waals surface area contributed by atoms with Crippen LogP contribution < -0.4 is 9.47 Å². The third-order valence-corrected chi connectivity index (χ3v) is 6.53. The number of alkyl halides is 2. The predicted molar refractivity (Wildman–Crippen MR) is 123 cm³/mol. The standard InChI is InChI=1S/C25H25F2NO4S/c1-25(26,27)32-20-5-3-18(4-6-20)23-9-8-22(33-23)15-28-12-10-17-2-7-21(31-16-24(29)30)14-19(17)11-13-28/h2-9,14H,10-13,15-16H2,1H3,(H,29,30). The quantitative estimate of drug-likeness (QED) is 0.470.